The van der Waals surface area contributed by atoms with Gasteiger partial charge in [-0.25, -0.2) is 4.98 Å². The van der Waals surface area contributed by atoms with Gasteiger partial charge in [-0.15, -0.1) is 0 Å². The number of para-hydroxylation sites is 1. The fourth-order valence-electron chi connectivity index (χ4n) is 4.20. The molecule has 1 aliphatic heterocycles. The van der Waals surface area contributed by atoms with Gasteiger partial charge in [-0.1, -0.05) is 53.0 Å². The highest BCUT2D eigenvalue weighted by Crippen LogP contribution is 2.32. The molecule has 168 valence electrons. The molecule has 7 heteroatoms. The fourth-order valence-corrected chi connectivity index (χ4v) is 4.82. The van der Waals surface area contributed by atoms with Crippen molar-refractivity contribution in [3.05, 3.63) is 99.8 Å². The molecule has 0 bridgehead atoms. The van der Waals surface area contributed by atoms with Crippen LogP contribution in [0, 0.1) is 0 Å². The predicted octanol–water partition coefficient (Wildman–Crippen LogP) is 6.82. The van der Waals surface area contributed by atoms with E-state index in [0.29, 0.717) is 15.1 Å². The number of anilines is 1. The van der Waals surface area contributed by atoms with Crippen LogP contribution in [-0.4, -0.2) is 40.6 Å². The summed E-state index contributed by atoms with van der Waals surface area (Å²) in [5, 5.41) is 1.87. The summed E-state index contributed by atoms with van der Waals surface area (Å²) < 4.78 is 2.07. The molecule has 33 heavy (non-hydrogen) atoms. The van der Waals surface area contributed by atoms with E-state index in [4.69, 9.17) is 39.8 Å². The first-order valence-corrected chi connectivity index (χ1v) is 12.0. The molecule has 1 fully saturated rings. The predicted molar refractivity (Wildman–Crippen MR) is 138 cm³/mol. The normalized spacial score (nSPS) is 14.6. The van der Waals surface area contributed by atoms with Crippen LogP contribution in [0.15, 0.2) is 79.0 Å². The average Bonchev–Trinajstić information content (AvgIpc) is 3.24. The van der Waals surface area contributed by atoms with Crippen molar-refractivity contribution in [2.24, 2.45) is 0 Å². The van der Waals surface area contributed by atoms with Crippen molar-refractivity contribution in [1.82, 2.24) is 14.5 Å². The van der Waals surface area contributed by atoms with Gasteiger partial charge in [0, 0.05) is 65.9 Å². The molecular formula is C26H23Cl3N4. The van der Waals surface area contributed by atoms with E-state index >= 15 is 0 Å². The third-order valence-electron chi connectivity index (χ3n) is 5.91. The molecule has 0 radical (unpaired) electrons. The number of piperazine rings is 1. The van der Waals surface area contributed by atoms with E-state index in [9.17, 15) is 0 Å². The van der Waals surface area contributed by atoms with Gasteiger partial charge in [0.15, 0.2) is 0 Å². The maximum atomic E-state index is 6.55. The Morgan fingerprint density at radius 3 is 2.12 bits per heavy atom. The molecule has 2 heterocycles. The molecule has 4 aromatic rings. The van der Waals surface area contributed by atoms with E-state index in [1.807, 2.05) is 36.4 Å². The smallest absolute Gasteiger partial charge is 0.146 e. The largest absolute Gasteiger partial charge is 0.369 e. The zero-order chi connectivity index (χ0) is 22.8. The number of imidazole rings is 1. The number of benzene rings is 3. The van der Waals surface area contributed by atoms with Crippen LogP contribution >= 0.6 is 34.8 Å². The molecule has 1 aliphatic rings. The lowest BCUT2D eigenvalue weighted by atomic mass is 10.2. The van der Waals surface area contributed by atoms with Gasteiger partial charge in [0.05, 0.1) is 10.7 Å². The highest BCUT2D eigenvalue weighted by atomic mass is 35.5. The lowest BCUT2D eigenvalue weighted by molar-refractivity contribution is 0.247. The number of aromatic nitrogens is 2. The van der Waals surface area contributed by atoms with Gasteiger partial charge >= 0.3 is 0 Å². The third-order valence-corrected chi connectivity index (χ3v) is 6.71. The van der Waals surface area contributed by atoms with Crippen LogP contribution in [0.4, 0.5) is 5.69 Å². The Labute approximate surface area is 208 Å². The van der Waals surface area contributed by atoms with Crippen molar-refractivity contribution in [3.8, 4) is 17.1 Å². The molecule has 4 nitrogen and oxygen atoms in total. The van der Waals surface area contributed by atoms with Gasteiger partial charge in [-0.05, 0) is 54.6 Å². The van der Waals surface area contributed by atoms with Crippen LogP contribution in [0.5, 0.6) is 0 Å². The van der Waals surface area contributed by atoms with Crippen LogP contribution in [0.3, 0.4) is 0 Å². The van der Waals surface area contributed by atoms with Gasteiger partial charge in [0.2, 0.25) is 0 Å². The summed E-state index contributed by atoms with van der Waals surface area (Å²) in [6.45, 7) is 4.75. The third kappa shape index (κ3) is 5.04. The summed E-state index contributed by atoms with van der Waals surface area (Å²) in [6.07, 6.45) is 2.09. The van der Waals surface area contributed by atoms with Crippen molar-refractivity contribution in [3.63, 3.8) is 0 Å². The number of rotatable bonds is 5. The number of halogens is 3. The molecule has 0 aliphatic carbocycles. The van der Waals surface area contributed by atoms with E-state index in [0.717, 1.165) is 55.5 Å². The maximum Gasteiger partial charge on any atom is 0.146 e. The van der Waals surface area contributed by atoms with Crippen LogP contribution in [0.1, 0.15) is 5.69 Å². The van der Waals surface area contributed by atoms with E-state index in [1.165, 1.54) is 5.69 Å². The molecule has 0 saturated carbocycles. The first-order chi connectivity index (χ1) is 16.1. The quantitative estimate of drug-likeness (QED) is 0.302. The number of hydrogen-bond acceptors (Lipinski definition) is 3. The molecule has 0 unspecified atom stereocenters. The van der Waals surface area contributed by atoms with Crippen LogP contribution in [-0.2, 0) is 6.54 Å². The van der Waals surface area contributed by atoms with Crippen LogP contribution in [0.2, 0.25) is 15.1 Å². The molecule has 0 atom stereocenters. The first kappa shape index (κ1) is 22.3. The van der Waals surface area contributed by atoms with Gasteiger partial charge in [-0.2, -0.15) is 0 Å². The summed E-state index contributed by atoms with van der Waals surface area (Å²) in [5.41, 5.74) is 4.10. The van der Waals surface area contributed by atoms with E-state index < -0.39 is 0 Å². The molecule has 3 aromatic carbocycles. The van der Waals surface area contributed by atoms with Crippen LogP contribution in [0.25, 0.3) is 17.1 Å². The van der Waals surface area contributed by atoms with Gasteiger partial charge in [0.1, 0.15) is 5.82 Å². The first-order valence-electron chi connectivity index (χ1n) is 10.9. The number of hydrogen-bond donors (Lipinski definition) is 0. The molecule has 0 amide bonds. The minimum absolute atomic E-state index is 0.575. The Kier molecular flexibility index (Phi) is 6.61. The SMILES string of the molecule is Clc1ccc(-n2cc(CN3CCN(c4ccccc4)CC3)nc2-c2ccc(Cl)cc2Cl)cc1. The minimum atomic E-state index is 0.575. The van der Waals surface area contributed by atoms with E-state index in [2.05, 4.69) is 50.9 Å². The molecule has 0 spiro atoms. The minimum Gasteiger partial charge on any atom is -0.369 e. The van der Waals surface area contributed by atoms with Crippen molar-refractivity contribution < 1.29 is 0 Å². The monoisotopic (exact) mass is 496 g/mol. The Morgan fingerprint density at radius 1 is 0.727 bits per heavy atom. The summed E-state index contributed by atoms with van der Waals surface area (Å²) in [7, 11) is 0. The van der Waals surface area contributed by atoms with Crippen molar-refractivity contribution in [1.29, 1.82) is 0 Å². The molecule has 5 rings (SSSR count). The Morgan fingerprint density at radius 2 is 1.42 bits per heavy atom. The molecule has 1 aromatic heterocycles. The highest BCUT2D eigenvalue weighted by molar-refractivity contribution is 6.36. The topological polar surface area (TPSA) is 24.3 Å². The fraction of sp³-hybridized carbons (Fsp3) is 0.192. The Bertz CT molecular complexity index is 1230. The summed E-state index contributed by atoms with van der Waals surface area (Å²) in [5.74, 6) is 0.789. The van der Waals surface area contributed by atoms with Crippen molar-refractivity contribution in [2.75, 3.05) is 31.1 Å². The Hall–Kier alpha value is -2.50. The second-order valence-corrected chi connectivity index (χ2v) is 9.41. The van der Waals surface area contributed by atoms with Crippen molar-refractivity contribution >= 4 is 40.5 Å². The summed E-state index contributed by atoms with van der Waals surface area (Å²) in [4.78, 5) is 9.87. The molecule has 0 N–H and O–H groups in total. The Balaban J connectivity index is 1.40. The van der Waals surface area contributed by atoms with Gasteiger partial charge < -0.3 is 4.90 Å². The summed E-state index contributed by atoms with van der Waals surface area (Å²) >= 11 is 18.8. The van der Waals surface area contributed by atoms with E-state index in [1.54, 1.807) is 6.07 Å². The van der Waals surface area contributed by atoms with Gasteiger partial charge in [0.25, 0.3) is 0 Å². The zero-order valence-corrected chi connectivity index (χ0v) is 20.2. The lowest BCUT2D eigenvalue weighted by Gasteiger charge is -2.35. The standard InChI is InChI=1S/C26H23Cl3N4/c27-19-6-9-23(10-7-19)33-18-21(30-26(33)24-11-8-20(28)16-25(24)29)17-31-12-14-32(15-13-31)22-4-2-1-3-5-22/h1-11,16,18H,12-15,17H2. The van der Waals surface area contributed by atoms with Crippen molar-refractivity contribution in [2.45, 2.75) is 6.54 Å². The summed E-state index contributed by atoms with van der Waals surface area (Å²) in [6, 6.07) is 23.8. The number of nitrogens with zero attached hydrogens (tertiary/aromatic N) is 4. The van der Waals surface area contributed by atoms with Gasteiger partial charge in [-0.3, -0.25) is 9.47 Å². The van der Waals surface area contributed by atoms with E-state index in [-0.39, 0.29) is 0 Å². The second-order valence-electron chi connectivity index (χ2n) is 8.13. The molecular weight excluding hydrogens is 475 g/mol. The zero-order valence-electron chi connectivity index (χ0n) is 18.0. The second kappa shape index (κ2) is 9.78. The average molecular weight is 498 g/mol. The van der Waals surface area contributed by atoms with Crippen LogP contribution < -0.4 is 4.90 Å². The lowest BCUT2D eigenvalue weighted by Crippen LogP contribution is -2.46. The highest BCUT2D eigenvalue weighted by Gasteiger charge is 2.20. The molecule has 1 saturated heterocycles. The maximum absolute atomic E-state index is 6.55.